The summed E-state index contributed by atoms with van der Waals surface area (Å²) < 4.78 is 11.2. The number of benzene rings is 1. The van der Waals surface area contributed by atoms with Crippen molar-refractivity contribution in [3.63, 3.8) is 0 Å². The minimum absolute atomic E-state index is 0.0636. The standard InChI is InChI=1S/C22H30N6O2/c1-6-8-18-27-20(30-28-18)16-10-7-9-15(11-16)12-25-21(23-5)26-14-19-24-13-17(29-19)22(2,3)4/h7,9-11,13H,6,8,12,14H2,1-5H3,(H2,23,25,26). The van der Waals surface area contributed by atoms with E-state index >= 15 is 0 Å². The van der Waals surface area contributed by atoms with E-state index in [9.17, 15) is 0 Å². The third-order valence-corrected chi connectivity index (χ3v) is 4.50. The fourth-order valence-corrected chi connectivity index (χ4v) is 2.82. The summed E-state index contributed by atoms with van der Waals surface area (Å²) in [7, 11) is 1.73. The first kappa shape index (κ1) is 21.5. The van der Waals surface area contributed by atoms with Crippen LogP contribution in [-0.2, 0) is 24.9 Å². The number of aromatic nitrogens is 3. The SMILES string of the molecule is CCCc1noc(-c2cccc(CNC(=NC)NCc3ncc(C(C)(C)C)o3)c2)n1. The van der Waals surface area contributed by atoms with E-state index < -0.39 is 0 Å². The highest BCUT2D eigenvalue weighted by Gasteiger charge is 2.19. The van der Waals surface area contributed by atoms with Crippen molar-refractivity contribution in [2.24, 2.45) is 4.99 Å². The molecule has 0 saturated carbocycles. The number of hydrogen-bond donors (Lipinski definition) is 2. The van der Waals surface area contributed by atoms with E-state index in [4.69, 9.17) is 8.94 Å². The van der Waals surface area contributed by atoms with E-state index in [0.29, 0.717) is 30.8 Å². The van der Waals surface area contributed by atoms with Crippen LogP contribution in [0.15, 0.2) is 44.4 Å². The van der Waals surface area contributed by atoms with Gasteiger partial charge >= 0.3 is 0 Å². The fourth-order valence-electron chi connectivity index (χ4n) is 2.82. The molecule has 30 heavy (non-hydrogen) atoms. The average molecular weight is 411 g/mol. The zero-order valence-corrected chi connectivity index (χ0v) is 18.3. The van der Waals surface area contributed by atoms with Crippen molar-refractivity contribution < 1.29 is 8.94 Å². The summed E-state index contributed by atoms with van der Waals surface area (Å²) >= 11 is 0. The normalized spacial score (nSPS) is 12.2. The van der Waals surface area contributed by atoms with Crippen LogP contribution < -0.4 is 10.6 Å². The van der Waals surface area contributed by atoms with Gasteiger partial charge in [0.2, 0.25) is 5.89 Å². The molecule has 0 bridgehead atoms. The molecule has 0 radical (unpaired) electrons. The van der Waals surface area contributed by atoms with Crippen molar-refractivity contribution in [1.29, 1.82) is 0 Å². The second kappa shape index (κ2) is 9.56. The van der Waals surface area contributed by atoms with Crippen LogP contribution in [0.25, 0.3) is 11.5 Å². The summed E-state index contributed by atoms with van der Waals surface area (Å²) in [6, 6.07) is 8.02. The third kappa shape index (κ3) is 5.68. The van der Waals surface area contributed by atoms with Crippen LogP contribution in [0.5, 0.6) is 0 Å². The number of rotatable bonds is 7. The highest BCUT2D eigenvalue weighted by atomic mass is 16.5. The molecule has 0 aliphatic heterocycles. The molecule has 3 rings (SSSR count). The Hall–Kier alpha value is -3.16. The lowest BCUT2D eigenvalue weighted by atomic mass is 9.94. The predicted octanol–water partition coefficient (Wildman–Crippen LogP) is 3.84. The van der Waals surface area contributed by atoms with E-state index in [-0.39, 0.29) is 5.41 Å². The Labute approximate surface area is 177 Å². The van der Waals surface area contributed by atoms with Crippen LogP contribution >= 0.6 is 0 Å². The van der Waals surface area contributed by atoms with Gasteiger partial charge < -0.3 is 19.6 Å². The quantitative estimate of drug-likeness (QED) is 0.451. The Kier molecular flexibility index (Phi) is 6.87. The monoisotopic (exact) mass is 410 g/mol. The van der Waals surface area contributed by atoms with Crippen LogP contribution in [0.4, 0.5) is 0 Å². The van der Waals surface area contributed by atoms with Gasteiger partial charge in [-0.25, -0.2) is 4.98 Å². The molecular formula is C22H30N6O2. The van der Waals surface area contributed by atoms with E-state index in [0.717, 1.165) is 35.6 Å². The molecule has 0 atom stereocenters. The number of oxazole rings is 1. The second-order valence-electron chi connectivity index (χ2n) is 8.11. The molecule has 3 aromatic rings. The zero-order valence-electron chi connectivity index (χ0n) is 18.3. The molecule has 0 saturated heterocycles. The van der Waals surface area contributed by atoms with Crippen molar-refractivity contribution >= 4 is 5.96 Å². The Morgan fingerprint density at radius 1 is 1.17 bits per heavy atom. The molecule has 0 aliphatic rings. The van der Waals surface area contributed by atoms with Crippen molar-refractivity contribution in [2.45, 2.75) is 59.0 Å². The first-order chi connectivity index (χ1) is 14.4. The Morgan fingerprint density at radius 3 is 2.67 bits per heavy atom. The van der Waals surface area contributed by atoms with E-state index in [1.807, 2.05) is 24.3 Å². The maximum absolute atomic E-state index is 5.81. The van der Waals surface area contributed by atoms with Gasteiger partial charge in [0.1, 0.15) is 5.76 Å². The summed E-state index contributed by atoms with van der Waals surface area (Å²) in [6.07, 6.45) is 3.58. The largest absolute Gasteiger partial charge is 0.443 e. The van der Waals surface area contributed by atoms with Gasteiger partial charge in [0.15, 0.2) is 11.8 Å². The molecule has 160 valence electrons. The zero-order chi connectivity index (χ0) is 21.6. The van der Waals surface area contributed by atoms with Gasteiger partial charge in [-0.1, -0.05) is 45.0 Å². The molecule has 8 heteroatoms. The molecule has 0 unspecified atom stereocenters. The van der Waals surface area contributed by atoms with Crippen molar-refractivity contribution in [3.05, 3.63) is 53.5 Å². The van der Waals surface area contributed by atoms with Crippen LogP contribution in [0, 0.1) is 0 Å². The molecule has 0 fully saturated rings. The lowest BCUT2D eigenvalue weighted by Gasteiger charge is -2.13. The minimum atomic E-state index is -0.0636. The topological polar surface area (TPSA) is 101 Å². The van der Waals surface area contributed by atoms with Gasteiger partial charge in [-0.15, -0.1) is 0 Å². The number of nitrogens with one attached hydrogen (secondary N) is 2. The van der Waals surface area contributed by atoms with Crippen LogP contribution in [0.1, 0.15) is 57.2 Å². The molecular weight excluding hydrogens is 380 g/mol. The van der Waals surface area contributed by atoms with E-state index in [1.165, 1.54) is 0 Å². The summed E-state index contributed by atoms with van der Waals surface area (Å²) in [5.74, 6) is 3.44. The number of aryl methyl sites for hydroxylation is 1. The highest BCUT2D eigenvalue weighted by Crippen LogP contribution is 2.22. The van der Waals surface area contributed by atoms with Gasteiger partial charge in [0.05, 0.1) is 12.7 Å². The van der Waals surface area contributed by atoms with E-state index in [2.05, 4.69) is 58.4 Å². The summed E-state index contributed by atoms with van der Waals surface area (Å²) in [5.41, 5.74) is 1.92. The third-order valence-electron chi connectivity index (χ3n) is 4.50. The summed E-state index contributed by atoms with van der Waals surface area (Å²) in [6.45, 7) is 9.43. The molecule has 0 spiro atoms. The first-order valence-corrected chi connectivity index (χ1v) is 10.2. The van der Waals surface area contributed by atoms with Crippen molar-refractivity contribution in [1.82, 2.24) is 25.8 Å². The van der Waals surface area contributed by atoms with Gasteiger partial charge in [0, 0.05) is 31.0 Å². The predicted molar refractivity (Wildman–Crippen MR) is 116 cm³/mol. The lowest BCUT2D eigenvalue weighted by Crippen LogP contribution is -2.36. The molecule has 2 N–H and O–H groups in total. The summed E-state index contributed by atoms with van der Waals surface area (Å²) in [4.78, 5) is 13.0. The summed E-state index contributed by atoms with van der Waals surface area (Å²) in [5, 5.41) is 10.5. The van der Waals surface area contributed by atoms with Crippen LogP contribution in [-0.4, -0.2) is 28.1 Å². The molecule has 0 aliphatic carbocycles. The van der Waals surface area contributed by atoms with Crippen molar-refractivity contribution in [3.8, 4) is 11.5 Å². The van der Waals surface area contributed by atoms with Gasteiger partial charge in [-0.3, -0.25) is 4.99 Å². The Morgan fingerprint density at radius 2 is 1.97 bits per heavy atom. The first-order valence-electron chi connectivity index (χ1n) is 10.2. The smallest absolute Gasteiger partial charge is 0.257 e. The highest BCUT2D eigenvalue weighted by molar-refractivity contribution is 5.79. The molecule has 8 nitrogen and oxygen atoms in total. The minimum Gasteiger partial charge on any atom is -0.443 e. The van der Waals surface area contributed by atoms with Crippen LogP contribution in [0.3, 0.4) is 0 Å². The molecule has 0 amide bonds. The molecule has 2 heterocycles. The van der Waals surface area contributed by atoms with Gasteiger partial charge in [-0.05, 0) is 24.1 Å². The van der Waals surface area contributed by atoms with Crippen molar-refractivity contribution in [2.75, 3.05) is 7.05 Å². The van der Waals surface area contributed by atoms with Gasteiger partial charge in [-0.2, -0.15) is 4.98 Å². The lowest BCUT2D eigenvalue weighted by molar-refractivity contribution is 0.379. The molecule has 1 aromatic carbocycles. The van der Waals surface area contributed by atoms with E-state index in [1.54, 1.807) is 13.2 Å². The fraction of sp³-hybridized carbons (Fsp3) is 0.455. The van der Waals surface area contributed by atoms with Crippen LogP contribution in [0.2, 0.25) is 0 Å². The number of aliphatic imine (C=N–C) groups is 1. The number of nitrogens with zero attached hydrogens (tertiary/aromatic N) is 4. The number of hydrogen-bond acceptors (Lipinski definition) is 6. The maximum atomic E-state index is 5.81. The molecule has 2 aromatic heterocycles. The Balaban J connectivity index is 1.56. The Bertz CT molecular complexity index is 983. The van der Waals surface area contributed by atoms with Gasteiger partial charge in [0.25, 0.3) is 5.89 Å². The maximum Gasteiger partial charge on any atom is 0.257 e. The number of guanidine groups is 1. The second-order valence-corrected chi connectivity index (χ2v) is 8.11. The average Bonchev–Trinajstić information content (AvgIpc) is 3.38.